The van der Waals surface area contributed by atoms with Crippen molar-refractivity contribution in [2.75, 3.05) is 6.54 Å². The van der Waals surface area contributed by atoms with Gasteiger partial charge in [-0.25, -0.2) is 0 Å². The molecular formula is C5H7IN2O. The van der Waals surface area contributed by atoms with Gasteiger partial charge in [-0.1, -0.05) is 28.5 Å². The van der Waals surface area contributed by atoms with Crippen LogP contribution in [0.2, 0.25) is 0 Å². The molecule has 0 aromatic carbocycles. The van der Waals surface area contributed by atoms with E-state index in [4.69, 9.17) is 12.2 Å². The minimum atomic E-state index is -0.397. The lowest BCUT2D eigenvalue weighted by atomic mass is 10.6. The van der Waals surface area contributed by atoms with Gasteiger partial charge in [0.15, 0.2) is 0 Å². The second-order valence-corrected chi connectivity index (χ2v) is 2.60. The topological polar surface area (TPSA) is 55.1 Å². The van der Waals surface area contributed by atoms with Crippen molar-refractivity contribution in [3.8, 4) is 12.3 Å². The van der Waals surface area contributed by atoms with Crippen LogP contribution in [0.25, 0.3) is 0 Å². The standard InChI is InChI=1S/C5H7IN2O/c1-2-3-8-4(6)5(7)9/h1,4,8H,3H2,(H2,7,9). The fourth-order valence-corrected chi connectivity index (χ4v) is 0.469. The molecule has 1 amide bonds. The maximum absolute atomic E-state index is 10.3. The van der Waals surface area contributed by atoms with Crippen LogP contribution in [-0.4, -0.2) is 16.5 Å². The van der Waals surface area contributed by atoms with Crippen LogP contribution in [0.5, 0.6) is 0 Å². The average molecular weight is 238 g/mol. The zero-order valence-corrected chi connectivity index (χ0v) is 6.88. The first-order valence-electron chi connectivity index (χ1n) is 2.28. The number of carbonyl (C=O) groups is 1. The van der Waals surface area contributed by atoms with E-state index in [0.29, 0.717) is 6.54 Å². The highest BCUT2D eigenvalue weighted by Gasteiger charge is 2.06. The SMILES string of the molecule is C#CCNC(I)C(N)=O. The summed E-state index contributed by atoms with van der Waals surface area (Å²) in [7, 11) is 0. The van der Waals surface area contributed by atoms with E-state index in [1.807, 2.05) is 22.6 Å². The Balaban J connectivity index is 3.41. The Morgan fingerprint density at radius 2 is 2.56 bits per heavy atom. The molecule has 0 aliphatic heterocycles. The van der Waals surface area contributed by atoms with Crippen LogP contribution in [0.1, 0.15) is 0 Å². The first-order valence-corrected chi connectivity index (χ1v) is 3.53. The summed E-state index contributed by atoms with van der Waals surface area (Å²) in [6, 6.07) is 0. The zero-order valence-electron chi connectivity index (χ0n) is 4.73. The van der Waals surface area contributed by atoms with E-state index in [1.54, 1.807) is 0 Å². The fraction of sp³-hybridized carbons (Fsp3) is 0.400. The Kier molecular flexibility index (Phi) is 4.44. The number of hydrogen-bond donors (Lipinski definition) is 2. The first-order chi connectivity index (χ1) is 4.18. The third-order valence-corrected chi connectivity index (χ3v) is 1.69. The summed E-state index contributed by atoms with van der Waals surface area (Å²) in [5.74, 6) is 1.93. The number of alkyl halides is 1. The number of carbonyl (C=O) groups excluding carboxylic acids is 1. The summed E-state index contributed by atoms with van der Waals surface area (Å²) < 4.78 is -0.362. The van der Waals surface area contributed by atoms with E-state index in [9.17, 15) is 4.79 Å². The summed E-state index contributed by atoms with van der Waals surface area (Å²) in [5.41, 5.74) is 4.90. The Morgan fingerprint density at radius 3 is 2.89 bits per heavy atom. The van der Waals surface area contributed by atoms with Crippen molar-refractivity contribution in [2.45, 2.75) is 4.05 Å². The molecule has 0 saturated heterocycles. The minimum absolute atomic E-state index is 0.362. The van der Waals surface area contributed by atoms with E-state index < -0.39 is 5.91 Å². The van der Waals surface area contributed by atoms with E-state index in [2.05, 4.69) is 11.2 Å². The first kappa shape index (κ1) is 8.72. The number of primary amides is 1. The molecule has 0 aromatic heterocycles. The zero-order chi connectivity index (χ0) is 7.28. The third-order valence-electron chi connectivity index (χ3n) is 0.633. The van der Waals surface area contributed by atoms with Crippen LogP contribution in [0, 0.1) is 12.3 Å². The quantitative estimate of drug-likeness (QED) is 0.300. The van der Waals surface area contributed by atoms with Crippen LogP contribution in [0.4, 0.5) is 0 Å². The number of halogens is 1. The van der Waals surface area contributed by atoms with Crippen molar-refractivity contribution >= 4 is 28.5 Å². The van der Waals surface area contributed by atoms with Gasteiger partial charge in [0.2, 0.25) is 5.91 Å². The monoisotopic (exact) mass is 238 g/mol. The third kappa shape index (κ3) is 4.24. The molecule has 0 heterocycles. The van der Waals surface area contributed by atoms with E-state index >= 15 is 0 Å². The number of terminal acetylenes is 1. The fourth-order valence-electron chi connectivity index (χ4n) is 0.249. The molecule has 0 saturated carbocycles. The van der Waals surface area contributed by atoms with Crippen LogP contribution < -0.4 is 11.1 Å². The normalized spacial score (nSPS) is 12.0. The van der Waals surface area contributed by atoms with Crippen LogP contribution in [-0.2, 0) is 4.79 Å². The summed E-state index contributed by atoms with van der Waals surface area (Å²) in [5, 5.41) is 2.71. The number of rotatable bonds is 3. The Morgan fingerprint density at radius 1 is 2.00 bits per heavy atom. The molecular weight excluding hydrogens is 231 g/mol. The second kappa shape index (κ2) is 4.58. The Bertz CT molecular complexity index is 140. The summed E-state index contributed by atoms with van der Waals surface area (Å²) in [6.45, 7) is 0.372. The van der Waals surface area contributed by atoms with Crippen molar-refractivity contribution in [3.63, 3.8) is 0 Å². The van der Waals surface area contributed by atoms with Gasteiger partial charge in [-0.3, -0.25) is 10.1 Å². The van der Waals surface area contributed by atoms with Gasteiger partial charge in [0, 0.05) is 0 Å². The average Bonchev–Trinajstić information content (AvgIpc) is 1.82. The lowest BCUT2D eigenvalue weighted by Crippen LogP contribution is -2.36. The van der Waals surface area contributed by atoms with Crippen LogP contribution >= 0.6 is 22.6 Å². The molecule has 0 radical (unpaired) electrons. The van der Waals surface area contributed by atoms with E-state index in [1.165, 1.54) is 0 Å². The van der Waals surface area contributed by atoms with Gasteiger partial charge in [0.1, 0.15) is 4.05 Å². The molecule has 1 unspecified atom stereocenters. The van der Waals surface area contributed by atoms with Crippen LogP contribution in [0.15, 0.2) is 0 Å². The Hall–Kier alpha value is -0.280. The van der Waals surface area contributed by atoms with Crippen molar-refractivity contribution in [3.05, 3.63) is 0 Å². The lowest BCUT2D eigenvalue weighted by Gasteiger charge is -2.02. The number of nitrogens with two attached hydrogens (primary N) is 1. The summed E-state index contributed by atoms with van der Waals surface area (Å²) in [4.78, 5) is 10.3. The predicted octanol–water partition coefficient (Wildman–Crippen LogP) is -0.544. The van der Waals surface area contributed by atoms with Gasteiger partial charge < -0.3 is 5.73 Å². The van der Waals surface area contributed by atoms with E-state index in [0.717, 1.165) is 0 Å². The molecule has 9 heavy (non-hydrogen) atoms. The molecule has 0 aliphatic rings. The maximum Gasteiger partial charge on any atom is 0.244 e. The number of amides is 1. The highest BCUT2D eigenvalue weighted by atomic mass is 127. The predicted molar refractivity (Wildman–Crippen MR) is 43.8 cm³/mol. The second-order valence-electron chi connectivity index (χ2n) is 1.35. The molecule has 4 heteroatoms. The molecule has 0 aromatic rings. The van der Waals surface area contributed by atoms with Gasteiger partial charge in [0.05, 0.1) is 6.54 Å². The summed E-state index contributed by atoms with van der Waals surface area (Å²) in [6.07, 6.45) is 4.91. The minimum Gasteiger partial charge on any atom is -0.368 e. The lowest BCUT2D eigenvalue weighted by molar-refractivity contribution is -0.117. The molecule has 0 fully saturated rings. The molecule has 1 atom stereocenters. The molecule has 0 spiro atoms. The highest BCUT2D eigenvalue weighted by molar-refractivity contribution is 14.1. The summed E-state index contributed by atoms with van der Waals surface area (Å²) >= 11 is 1.87. The van der Waals surface area contributed by atoms with Gasteiger partial charge in [-0.15, -0.1) is 6.42 Å². The van der Waals surface area contributed by atoms with Gasteiger partial charge in [-0.05, 0) is 0 Å². The molecule has 50 valence electrons. The maximum atomic E-state index is 10.3. The molecule has 0 rings (SSSR count). The van der Waals surface area contributed by atoms with Gasteiger partial charge in [-0.2, -0.15) is 0 Å². The molecule has 0 bridgehead atoms. The number of nitrogens with one attached hydrogen (secondary N) is 1. The Labute approximate surface area is 67.5 Å². The van der Waals surface area contributed by atoms with Crippen molar-refractivity contribution < 1.29 is 4.79 Å². The smallest absolute Gasteiger partial charge is 0.244 e. The van der Waals surface area contributed by atoms with Crippen molar-refractivity contribution in [1.82, 2.24) is 5.32 Å². The molecule has 0 aliphatic carbocycles. The largest absolute Gasteiger partial charge is 0.368 e. The number of hydrogen-bond acceptors (Lipinski definition) is 2. The van der Waals surface area contributed by atoms with Crippen LogP contribution in [0.3, 0.4) is 0 Å². The highest BCUT2D eigenvalue weighted by Crippen LogP contribution is 1.91. The van der Waals surface area contributed by atoms with E-state index in [-0.39, 0.29) is 4.05 Å². The van der Waals surface area contributed by atoms with Crippen molar-refractivity contribution in [2.24, 2.45) is 5.73 Å². The van der Waals surface area contributed by atoms with Crippen molar-refractivity contribution in [1.29, 1.82) is 0 Å². The van der Waals surface area contributed by atoms with Gasteiger partial charge in [0.25, 0.3) is 0 Å². The molecule has 3 nitrogen and oxygen atoms in total. The molecule has 3 N–H and O–H groups in total. The van der Waals surface area contributed by atoms with Gasteiger partial charge >= 0.3 is 0 Å².